The summed E-state index contributed by atoms with van der Waals surface area (Å²) in [6.07, 6.45) is 1.33. The van der Waals surface area contributed by atoms with Crippen LogP contribution in [0.3, 0.4) is 0 Å². The lowest BCUT2D eigenvalue weighted by Gasteiger charge is -1.99. The van der Waals surface area contributed by atoms with Gasteiger partial charge in [0.25, 0.3) is 0 Å². The molecule has 0 aliphatic carbocycles. The molecular formula is C9H8FNO. The first-order chi connectivity index (χ1) is 5.83. The molecule has 1 aromatic heterocycles. The van der Waals surface area contributed by atoms with Gasteiger partial charge in [-0.1, -0.05) is 5.92 Å². The highest BCUT2D eigenvalue weighted by atomic mass is 19.1. The highest BCUT2D eigenvalue weighted by molar-refractivity contribution is 5.17. The van der Waals surface area contributed by atoms with Crippen LogP contribution < -0.4 is 4.74 Å². The fourth-order valence-corrected chi connectivity index (χ4v) is 0.639. The molecule has 3 heteroatoms. The molecular weight excluding hydrogens is 157 g/mol. The van der Waals surface area contributed by atoms with Crippen LogP contribution in [-0.2, 0) is 0 Å². The fourth-order valence-electron chi connectivity index (χ4n) is 0.639. The summed E-state index contributed by atoms with van der Waals surface area (Å²) >= 11 is 0. The van der Waals surface area contributed by atoms with E-state index in [1.165, 1.54) is 18.3 Å². The van der Waals surface area contributed by atoms with Crippen molar-refractivity contribution in [1.29, 1.82) is 0 Å². The first-order valence-corrected chi connectivity index (χ1v) is 3.47. The van der Waals surface area contributed by atoms with Crippen LogP contribution in [0.25, 0.3) is 0 Å². The molecule has 1 rings (SSSR count). The van der Waals surface area contributed by atoms with Gasteiger partial charge >= 0.3 is 0 Å². The van der Waals surface area contributed by atoms with E-state index in [-0.39, 0.29) is 0 Å². The quantitative estimate of drug-likeness (QED) is 0.490. The van der Waals surface area contributed by atoms with Gasteiger partial charge in [0, 0.05) is 0 Å². The molecule has 62 valence electrons. The first kappa shape index (κ1) is 8.54. The maximum Gasteiger partial charge on any atom is 0.213 e. The molecule has 0 bridgehead atoms. The van der Waals surface area contributed by atoms with E-state index in [0.717, 1.165) is 0 Å². The SMILES string of the molecule is CC#CCOc1ccc(F)nc1. The van der Waals surface area contributed by atoms with Gasteiger partial charge in [0.1, 0.15) is 12.4 Å². The summed E-state index contributed by atoms with van der Waals surface area (Å²) in [6, 6.07) is 2.76. The van der Waals surface area contributed by atoms with E-state index in [9.17, 15) is 4.39 Å². The number of halogens is 1. The summed E-state index contributed by atoms with van der Waals surface area (Å²) in [4.78, 5) is 3.42. The summed E-state index contributed by atoms with van der Waals surface area (Å²) in [5.74, 6) is 5.41. The molecule has 1 heterocycles. The maximum absolute atomic E-state index is 12.3. The Hall–Kier alpha value is -1.56. The predicted octanol–water partition coefficient (Wildman–Crippen LogP) is 1.62. The van der Waals surface area contributed by atoms with Crippen LogP contribution in [0.2, 0.25) is 0 Å². The molecule has 12 heavy (non-hydrogen) atoms. The van der Waals surface area contributed by atoms with Crippen molar-refractivity contribution in [3.63, 3.8) is 0 Å². The zero-order valence-corrected chi connectivity index (χ0v) is 6.67. The van der Waals surface area contributed by atoms with Gasteiger partial charge in [0.15, 0.2) is 0 Å². The molecule has 0 N–H and O–H groups in total. The van der Waals surface area contributed by atoms with E-state index in [1.54, 1.807) is 6.92 Å². The van der Waals surface area contributed by atoms with Gasteiger partial charge in [-0.15, -0.1) is 5.92 Å². The Balaban J connectivity index is 2.51. The van der Waals surface area contributed by atoms with Crippen molar-refractivity contribution in [1.82, 2.24) is 4.98 Å². The van der Waals surface area contributed by atoms with E-state index in [0.29, 0.717) is 12.4 Å². The van der Waals surface area contributed by atoms with Crippen LogP contribution in [0.15, 0.2) is 18.3 Å². The summed E-state index contributed by atoms with van der Waals surface area (Å²) in [6.45, 7) is 2.04. The van der Waals surface area contributed by atoms with Crippen LogP contribution in [-0.4, -0.2) is 11.6 Å². The molecule has 1 aromatic rings. The Morgan fingerprint density at radius 1 is 1.58 bits per heavy atom. The van der Waals surface area contributed by atoms with E-state index in [1.807, 2.05) is 0 Å². The van der Waals surface area contributed by atoms with Crippen molar-refractivity contribution in [2.75, 3.05) is 6.61 Å². The van der Waals surface area contributed by atoms with Crippen LogP contribution in [0.5, 0.6) is 5.75 Å². The molecule has 0 aromatic carbocycles. The number of rotatable bonds is 2. The van der Waals surface area contributed by atoms with Crippen LogP contribution in [0.4, 0.5) is 4.39 Å². The Morgan fingerprint density at radius 2 is 2.42 bits per heavy atom. The third-order valence-electron chi connectivity index (χ3n) is 1.19. The van der Waals surface area contributed by atoms with Crippen molar-refractivity contribution in [2.45, 2.75) is 6.92 Å². The molecule has 0 spiro atoms. The standard InChI is InChI=1S/C9H8FNO/c1-2-3-6-12-8-4-5-9(10)11-7-8/h4-5,7H,6H2,1H3. The van der Waals surface area contributed by atoms with Crippen LogP contribution in [0, 0.1) is 17.8 Å². The first-order valence-electron chi connectivity index (χ1n) is 3.47. The molecule has 0 amide bonds. The smallest absolute Gasteiger partial charge is 0.213 e. The highest BCUT2D eigenvalue weighted by Crippen LogP contribution is 2.07. The highest BCUT2D eigenvalue weighted by Gasteiger charge is 1.92. The molecule has 2 nitrogen and oxygen atoms in total. The van der Waals surface area contributed by atoms with Gasteiger partial charge in [0.05, 0.1) is 6.20 Å². The molecule has 0 saturated heterocycles. The van der Waals surface area contributed by atoms with Gasteiger partial charge in [-0.05, 0) is 19.1 Å². The number of nitrogens with zero attached hydrogens (tertiary/aromatic N) is 1. The topological polar surface area (TPSA) is 22.1 Å². The van der Waals surface area contributed by atoms with Gasteiger partial charge in [-0.25, -0.2) is 4.98 Å². The summed E-state index contributed by atoms with van der Waals surface area (Å²) < 4.78 is 17.4. The molecule has 0 aliphatic heterocycles. The maximum atomic E-state index is 12.3. The second kappa shape index (κ2) is 4.35. The normalized spacial score (nSPS) is 8.50. The number of hydrogen-bond acceptors (Lipinski definition) is 2. The van der Waals surface area contributed by atoms with Crippen LogP contribution in [0.1, 0.15) is 6.92 Å². The van der Waals surface area contributed by atoms with E-state index >= 15 is 0 Å². The number of pyridine rings is 1. The van der Waals surface area contributed by atoms with Crippen molar-refractivity contribution >= 4 is 0 Å². The Kier molecular flexibility index (Phi) is 3.09. The second-order valence-electron chi connectivity index (χ2n) is 2.03. The third kappa shape index (κ3) is 2.59. The lowest BCUT2D eigenvalue weighted by atomic mass is 10.4. The lowest BCUT2D eigenvalue weighted by molar-refractivity contribution is 0.367. The molecule has 0 fully saturated rings. The summed E-state index contributed by atoms with van der Waals surface area (Å²) in [5, 5.41) is 0. The molecule has 0 saturated carbocycles. The summed E-state index contributed by atoms with van der Waals surface area (Å²) in [5.41, 5.74) is 0. The minimum Gasteiger partial charge on any atom is -0.479 e. The van der Waals surface area contributed by atoms with E-state index < -0.39 is 5.95 Å². The van der Waals surface area contributed by atoms with Crippen molar-refractivity contribution in [2.24, 2.45) is 0 Å². The zero-order valence-electron chi connectivity index (χ0n) is 6.67. The van der Waals surface area contributed by atoms with Crippen molar-refractivity contribution < 1.29 is 9.13 Å². The third-order valence-corrected chi connectivity index (χ3v) is 1.19. The second-order valence-corrected chi connectivity index (χ2v) is 2.03. The van der Waals surface area contributed by atoms with Gasteiger partial charge in [-0.3, -0.25) is 0 Å². The van der Waals surface area contributed by atoms with Gasteiger partial charge in [-0.2, -0.15) is 4.39 Å². The zero-order chi connectivity index (χ0) is 8.81. The Bertz CT molecular complexity index is 297. The molecule has 0 aliphatic rings. The molecule has 0 radical (unpaired) electrons. The average Bonchev–Trinajstić information content (AvgIpc) is 2.09. The number of hydrogen-bond donors (Lipinski definition) is 0. The Labute approximate surface area is 70.4 Å². The number of ether oxygens (including phenoxy) is 1. The van der Waals surface area contributed by atoms with Crippen molar-refractivity contribution in [3.05, 3.63) is 24.3 Å². The Morgan fingerprint density at radius 3 is 3.00 bits per heavy atom. The van der Waals surface area contributed by atoms with Crippen LogP contribution >= 0.6 is 0 Å². The largest absolute Gasteiger partial charge is 0.479 e. The van der Waals surface area contributed by atoms with E-state index in [4.69, 9.17) is 4.74 Å². The molecule has 0 unspecified atom stereocenters. The monoisotopic (exact) mass is 165 g/mol. The summed E-state index contributed by atoms with van der Waals surface area (Å²) in [7, 11) is 0. The minimum atomic E-state index is -0.510. The average molecular weight is 165 g/mol. The number of aromatic nitrogens is 1. The fraction of sp³-hybridized carbons (Fsp3) is 0.222. The van der Waals surface area contributed by atoms with E-state index in [2.05, 4.69) is 16.8 Å². The lowest BCUT2D eigenvalue weighted by Crippen LogP contribution is -1.94. The van der Waals surface area contributed by atoms with Crippen molar-refractivity contribution in [3.8, 4) is 17.6 Å². The minimum absolute atomic E-state index is 0.309. The van der Waals surface area contributed by atoms with Gasteiger partial charge < -0.3 is 4.74 Å². The molecule has 0 atom stereocenters. The predicted molar refractivity (Wildman–Crippen MR) is 43.1 cm³/mol. The van der Waals surface area contributed by atoms with Gasteiger partial charge in [0.2, 0.25) is 5.95 Å².